The molecule has 2 nitrogen and oxygen atoms in total. The second-order valence-electron chi connectivity index (χ2n) is 4.68. The highest BCUT2D eigenvalue weighted by atomic mass is 35.5. The van der Waals surface area contributed by atoms with Gasteiger partial charge in [0, 0.05) is 22.3 Å². The summed E-state index contributed by atoms with van der Waals surface area (Å²) in [6, 6.07) is 12.0. The van der Waals surface area contributed by atoms with Crippen LogP contribution in [-0.4, -0.2) is 19.2 Å². The minimum absolute atomic E-state index is 0.267. The van der Waals surface area contributed by atoms with E-state index in [1.165, 1.54) is 6.42 Å². The number of halogens is 1. The second-order valence-corrected chi connectivity index (χ2v) is 5.08. The lowest BCUT2D eigenvalue weighted by Gasteiger charge is -2.24. The number of benzene rings is 2. The number of ether oxygens (including phenoxy) is 1. The molecule has 1 saturated heterocycles. The monoisotopic (exact) mass is 261 g/mol. The Morgan fingerprint density at radius 3 is 2.72 bits per heavy atom. The predicted octanol–water partition coefficient (Wildman–Crippen LogP) is 3.62. The van der Waals surface area contributed by atoms with Crippen molar-refractivity contribution in [2.45, 2.75) is 18.9 Å². The largest absolute Gasteiger partial charge is 0.488 e. The smallest absolute Gasteiger partial charge is 0.127 e. The lowest BCUT2D eigenvalue weighted by molar-refractivity contribution is 0.169. The topological polar surface area (TPSA) is 21.3 Å². The Hall–Kier alpha value is -1.25. The Balaban J connectivity index is 1.94. The Labute approximate surface area is 112 Å². The Kier molecular flexibility index (Phi) is 3.39. The Morgan fingerprint density at radius 2 is 1.94 bits per heavy atom. The number of hydrogen-bond donors (Lipinski definition) is 1. The van der Waals surface area contributed by atoms with Gasteiger partial charge in [0.25, 0.3) is 0 Å². The molecule has 1 aliphatic heterocycles. The first-order valence-electron chi connectivity index (χ1n) is 6.39. The lowest BCUT2D eigenvalue weighted by Crippen LogP contribution is -2.37. The summed E-state index contributed by atoms with van der Waals surface area (Å²) in [4.78, 5) is 0. The van der Waals surface area contributed by atoms with Crippen molar-refractivity contribution in [2.24, 2.45) is 0 Å². The molecule has 1 heterocycles. The number of fused-ring (bicyclic) bond motifs is 1. The van der Waals surface area contributed by atoms with Crippen LogP contribution in [0.2, 0.25) is 5.02 Å². The molecule has 18 heavy (non-hydrogen) atoms. The van der Waals surface area contributed by atoms with Gasteiger partial charge in [0.05, 0.1) is 0 Å². The molecule has 94 valence electrons. The van der Waals surface area contributed by atoms with Crippen LogP contribution >= 0.6 is 11.6 Å². The van der Waals surface area contributed by atoms with E-state index < -0.39 is 0 Å². The summed E-state index contributed by atoms with van der Waals surface area (Å²) in [7, 11) is 0. The van der Waals surface area contributed by atoms with E-state index in [9.17, 15) is 0 Å². The zero-order valence-corrected chi connectivity index (χ0v) is 10.9. The second kappa shape index (κ2) is 5.17. The summed E-state index contributed by atoms with van der Waals surface area (Å²) in [5, 5.41) is 6.29. The van der Waals surface area contributed by atoms with Crippen LogP contribution in [0.25, 0.3) is 10.8 Å². The third-order valence-electron chi connectivity index (χ3n) is 3.38. The molecule has 0 aliphatic carbocycles. The molecule has 0 radical (unpaired) electrons. The van der Waals surface area contributed by atoms with Gasteiger partial charge < -0.3 is 10.1 Å². The van der Waals surface area contributed by atoms with Gasteiger partial charge in [-0.05, 0) is 31.5 Å². The summed E-state index contributed by atoms with van der Waals surface area (Å²) in [5.74, 6) is 0.934. The number of rotatable bonds is 2. The normalized spacial score (nSPS) is 19.9. The summed E-state index contributed by atoms with van der Waals surface area (Å²) < 4.78 is 6.10. The quantitative estimate of drug-likeness (QED) is 0.892. The molecule has 1 aliphatic rings. The number of hydrogen-bond acceptors (Lipinski definition) is 2. The van der Waals surface area contributed by atoms with Crippen molar-refractivity contribution in [3.8, 4) is 5.75 Å². The van der Waals surface area contributed by atoms with Crippen LogP contribution in [-0.2, 0) is 0 Å². The van der Waals surface area contributed by atoms with E-state index in [1.54, 1.807) is 0 Å². The first kappa shape index (κ1) is 11.8. The van der Waals surface area contributed by atoms with Gasteiger partial charge in [0.15, 0.2) is 0 Å². The highest BCUT2D eigenvalue weighted by Gasteiger charge is 2.15. The molecule has 1 atom stereocenters. The maximum atomic E-state index is 6.20. The minimum atomic E-state index is 0.267. The fourth-order valence-electron chi connectivity index (χ4n) is 2.44. The van der Waals surface area contributed by atoms with Crippen molar-refractivity contribution >= 4 is 22.4 Å². The average Bonchev–Trinajstić information content (AvgIpc) is 2.44. The van der Waals surface area contributed by atoms with Crippen LogP contribution in [0.1, 0.15) is 12.8 Å². The van der Waals surface area contributed by atoms with Crippen molar-refractivity contribution in [1.29, 1.82) is 0 Å². The van der Waals surface area contributed by atoms with Gasteiger partial charge >= 0.3 is 0 Å². The SMILES string of the molecule is Clc1ccc(O[C@H]2CCCNC2)c2ccccc12. The fourth-order valence-corrected chi connectivity index (χ4v) is 2.67. The standard InChI is InChI=1S/C15H16ClNO/c16-14-7-8-15(13-6-2-1-5-12(13)14)18-11-4-3-9-17-10-11/h1-2,5-8,11,17H,3-4,9-10H2/t11-/m0/s1. The average molecular weight is 262 g/mol. The Bertz CT molecular complexity index is 549. The first-order valence-corrected chi connectivity index (χ1v) is 6.77. The van der Waals surface area contributed by atoms with E-state index in [1.807, 2.05) is 30.3 Å². The van der Waals surface area contributed by atoms with Crippen LogP contribution in [0.3, 0.4) is 0 Å². The van der Waals surface area contributed by atoms with Gasteiger partial charge in [-0.1, -0.05) is 35.9 Å². The zero-order valence-electron chi connectivity index (χ0n) is 10.2. The van der Waals surface area contributed by atoms with Gasteiger partial charge in [0.2, 0.25) is 0 Å². The predicted molar refractivity (Wildman–Crippen MR) is 75.5 cm³/mol. The van der Waals surface area contributed by atoms with Gasteiger partial charge in [-0.2, -0.15) is 0 Å². The van der Waals surface area contributed by atoms with Crippen LogP contribution < -0.4 is 10.1 Å². The minimum Gasteiger partial charge on any atom is -0.488 e. The van der Waals surface area contributed by atoms with Crippen LogP contribution in [0.15, 0.2) is 36.4 Å². The van der Waals surface area contributed by atoms with Gasteiger partial charge in [-0.3, -0.25) is 0 Å². The molecular weight excluding hydrogens is 246 g/mol. The van der Waals surface area contributed by atoms with Crippen LogP contribution in [0, 0.1) is 0 Å². The third-order valence-corrected chi connectivity index (χ3v) is 3.71. The molecule has 0 bridgehead atoms. The molecule has 2 aromatic rings. The maximum absolute atomic E-state index is 6.20. The van der Waals surface area contributed by atoms with Crippen molar-refractivity contribution in [1.82, 2.24) is 5.32 Å². The molecule has 2 aromatic carbocycles. The molecule has 0 unspecified atom stereocenters. The fraction of sp³-hybridized carbons (Fsp3) is 0.333. The van der Waals surface area contributed by atoms with Crippen LogP contribution in [0.4, 0.5) is 0 Å². The van der Waals surface area contributed by atoms with Crippen molar-refractivity contribution in [3.05, 3.63) is 41.4 Å². The molecule has 0 aromatic heterocycles. The molecule has 3 heteroatoms. The van der Waals surface area contributed by atoms with Gasteiger partial charge in [0.1, 0.15) is 11.9 Å². The summed E-state index contributed by atoms with van der Waals surface area (Å²) in [5.41, 5.74) is 0. The molecule has 1 fully saturated rings. The third kappa shape index (κ3) is 2.31. The van der Waals surface area contributed by atoms with Gasteiger partial charge in [-0.25, -0.2) is 0 Å². The van der Waals surface area contributed by atoms with Crippen molar-refractivity contribution in [2.75, 3.05) is 13.1 Å². The Morgan fingerprint density at radius 1 is 1.11 bits per heavy atom. The van der Waals surface area contributed by atoms with E-state index in [4.69, 9.17) is 16.3 Å². The maximum Gasteiger partial charge on any atom is 0.127 e. The van der Waals surface area contributed by atoms with E-state index >= 15 is 0 Å². The number of nitrogens with one attached hydrogen (secondary N) is 1. The van der Waals surface area contributed by atoms with E-state index in [0.717, 1.165) is 41.1 Å². The first-order chi connectivity index (χ1) is 8.84. The summed E-state index contributed by atoms with van der Waals surface area (Å²) in [6.07, 6.45) is 2.56. The summed E-state index contributed by atoms with van der Waals surface area (Å²) >= 11 is 6.20. The molecular formula is C15H16ClNO. The molecule has 0 amide bonds. The molecule has 0 spiro atoms. The van der Waals surface area contributed by atoms with E-state index in [0.29, 0.717) is 0 Å². The van der Waals surface area contributed by atoms with E-state index in [-0.39, 0.29) is 6.10 Å². The van der Waals surface area contributed by atoms with Crippen LogP contribution in [0.5, 0.6) is 5.75 Å². The van der Waals surface area contributed by atoms with Crippen molar-refractivity contribution < 1.29 is 4.74 Å². The highest BCUT2D eigenvalue weighted by molar-refractivity contribution is 6.35. The highest BCUT2D eigenvalue weighted by Crippen LogP contribution is 2.32. The molecule has 3 rings (SSSR count). The lowest BCUT2D eigenvalue weighted by atomic mass is 10.1. The molecule has 0 saturated carbocycles. The van der Waals surface area contributed by atoms with Gasteiger partial charge in [-0.15, -0.1) is 0 Å². The van der Waals surface area contributed by atoms with E-state index in [2.05, 4.69) is 11.4 Å². The summed E-state index contributed by atoms with van der Waals surface area (Å²) in [6.45, 7) is 2.03. The number of piperidine rings is 1. The van der Waals surface area contributed by atoms with Crippen molar-refractivity contribution in [3.63, 3.8) is 0 Å². The molecule has 1 N–H and O–H groups in total. The zero-order chi connectivity index (χ0) is 12.4.